The van der Waals surface area contributed by atoms with Crippen LogP contribution in [0.15, 0.2) is 35.4 Å². The van der Waals surface area contributed by atoms with Gasteiger partial charge in [0, 0.05) is 38.1 Å². The molecule has 3 aliphatic rings. The van der Waals surface area contributed by atoms with Crippen molar-refractivity contribution in [3.63, 3.8) is 0 Å². The van der Waals surface area contributed by atoms with E-state index < -0.39 is 12.2 Å². The van der Waals surface area contributed by atoms with Gasteiger partial charge < -0.3 is 14.5 Å². The van der Waals surface area contributed by atoms with Crippen molar-refractivity contribution >= 4 is 11.8 Å². The molecule has 0 spiro atoms. The third kappa shape index (κ3) is 3.42. The van der Waals surface area contributed by atoms with Gasteiger partial charge in [-0.3, -0.25) is 14.3 Å². The summed E-state index contributed by atoms with van der Waals surface area (Å²) < 4.78 is 48.5. The van der Waals surface area contributed by atoms with Gasteiger partial charge in [-0.2, -0.15) is 18.2 Å². The van der Waals surface area contributed by atoms with Crippen LogP contribution in [-0.4, -0.2) is 58.6 Å². The Morgan fingerprint density at radius 1 is 1.30 bits per heavy atom. The number of hydrogen-bond acceptors (Lipinski definition) is 6. The molecule has 2 saturated heterocycles. The third-order valence-electron chi connectivity index (χ3n) is 6.17. The Labute approximate surface area is 171 Å². The number of aromatic nitrogens is 3. The van der Waals surface area contributed by atoms with Crippen LogP contribution in [0.1, 0.15) is 18.4 Å². The van der Waals surface area contributed by atoms with E-state index in [4.69, 9.17) is 4.74 Å². The fourth-order valence-electron chi connectivity index (χ4n) is 4.68. The molecule has 2 fully saturated rings. The third-order valence-corrected chi connectivity index (χ3v) is 6.17. The maximum Gasteiger partial charge on any atom is 0.408 e. The van der Waals surface area contributed by atoms with Crippen molar-refractivity contribution in [2.75, 3.05) is 29.5 Å². The molecular formula is C20H22F3N5O2. The van der Waals surface area contributed by atoms with Crippen molar-refractivity contribution in [3.05, 3.63) is 46.5 Å². The van der Waals surface area contributed by atoms with Gasteiger partial charge in [-0.25, -0.2) is 0 Å². The first kappa shape index (κ1) is 19.3. The fraction of sp³-hybridized carbons (Fsp3) is 0.550. The summed E-state index contributed by atoms with van der Waals surface area (Å²) in [6.07, 6.45) is 0.0175. The molecule has 2 aromatic heterocycles. The van der Waals surface area contributed by atoms with Gasteiger partial charge in [0.2, 0.25) is 5.95 Å². The Balaban J connectivity index is 1.51. The molecule has 160 valence electrons. The molecule has 5 heterocycles. The molecule has 7 nitrogen and oxygen atoms in total. The number of fused-ring (bicyclic) bond motifs is 3. The smallest absolute Gasteiger partial charge is 0.374 e. The average Bonchev–Trinajstić information content (AvgIpc) is 3.35. The molecule has 0 aliphatic carbocycles. The molecule has 2 aromatic rings. The van der Waals surface area contributed by atoms with Gasteiger partial charge in [0.1, 0.15) is 11.9 Å². The van der Waals surface area contributed by atoms with Gasteiger partial charge in [0.05, 0.1) is 18.8 Å². The first-order valence-corrected chi connectivity index (χ1v) is 10.1. The number of rotatable bonds is 4. The number of anilines is 2. The van der Waals surface area contributed by atoms with Crippen molar-refractivity contribution in [2.45, 2.75) is 50.2 Å². The quantitative estimate of drug-likeness (QED) is 0.753. The number of ether oxygens (including phenoxy) is 1. The second-order valence-corrected chi connectivity index (χ2v) is 8.05. The largest absolute Gasteiger partial charge is 0.408 e. The molecule has 0 amide bonds. The van der Waals surface area contributed by atoms with Gasteiger partial charge in [-0.1, -0.05) is 6.07 Å². The topological polar surface area (TPSA) is 63.5 Å². The van der Waals surface area contributed by atoms with E-state index in [1.54, 1.807) is 18.5 Å². The van der Waals surface area contributed by atoms with Crippen LogP contribution in [0.3, 0.4) is 0 Å². The normalized spacial score (nSPS) is 25.6. The Bertz CT molecular complexity index is 981. The highest BCUT2D eigenvalue weighted by Gasteiger charge is 2.47. The van der Waals surface area contributed by atoms with Gasteiger partial charge >= 0.3 is 6.18 Å². The van der Waals surface area contributed by atoms with Crippen molar-refractivity contribution in [3.8, 4) is 0 Å². The lowest BCUT2D eigenvalue weighted by molar-refractivity contribution is -0.152. The molecule has 0 aromatic carbocycles. The Kier molecular flexibility index (Phi) is 4.68. The average molecular weight is 421 g/mol. The van der Waals surface area contributed by atoms with Gasteiger partial charge in [0.15, 0.2) is 0 Å². The number of halogens is 3. The van der Waals surface area contributed by atoms with Crippen LogP contribution in [0, 0.1) is 0 Å². The van der Waals surface area contributed by atoms with Crippen LogP contribution in [0.2, 0.25) is 0 Å². The summed E-state index contributed by atoms with van der Waals surface area (Å²) in [4.78, 5) is 24.6. The number of alkyl halides is 3. The molecular weight excluding hydrogens is 399 g/mol. The molecule has 3 aliphatic heterocycles. The van der Waals surface area contributed by atoms with E-state index in [1.807, 2.05) is 11.0 Å². The number of nitrogens with zero attached hydrogens (tertiary/aromatic N) is 5. The molecule has 2 bridgehead atoms. The Morgan fingerprint density at radius 2 is 2.17 bits per heavy atom. The van der Waals surface area contributed by atoms with E-state index in [1.165, 1.54) is 15.5 Å². The monoisotopic (exact) mass is 421 g/mol. The second-order valence-electron chi connectivity index (χ2n) is 8.05. The second kappa shape index (κ2) is 7.26. The lowest BCUT2D eigenvalue weighted by Gasteiger charge is -2.39. The van der Waals surface area contributed by atoms with Crippen LogP contribution in [-0.2, 0) is 17.7 Å². The minimum absolute atomic E-state index is 0.00415. The maximum atomic E-state index is 13.8. The number of hydrogen-bond donors (Lipinski definition) is 0. The van der Waals surface area contributed by atoms with Crippen molar-refractivity contribution in [1.82, 2.24) is 14.5 Å². The lowest BCUT2D eigenvalue weighted by atomic mass is 10.1. The minimum atomic E-state index is -4.41. The van der Waals surface area contributed by atoms with E-state index in [0.29, 0.717) is 25.4 Å². The predicted molar refractivity (Wildman–Crippen MR) is 104 cm³/mol. The lowest BCUT2D eigenvalue weighted by Crippen LogP contribution is -2.53. The van der Waals surface area contributed by atoms with Crippen LogP contribution < -0.4 is 15.4 Å². The fourth-order valence-corrected chi connectivity index (χ4v) is 4.68. The van der Waals surface area contributed by atoms with Crippen LogP contribution in [0.5, 0.6) is 0 Å². The Morgan fingerprint density at radius 3 is 2.83 bits per heavy atom. The zero-order valence-corrected chi connectivity index (χ0v) is 16.3. The predicted octanol–water partition coefficient (Wildman–Crippen LogP) is 2.00. The summed E-state index contributed by atoms with van der Waals surface area (Å²) in [5, 5.41) is 0. The molecule has 5 rings (SSSR count). The summed E-state index contributed by atoms with van der Waals surface area (Å²) in [7, 11) is 0. The molecule has 0 unspecified atom stereocenters. The van der Waals surface area contributed by atoms with E-state index in [2.05, 4.69) is 9.97 Å². The zero-order valence-electron chi connectivity index (χ0n) is 16.3. The van der Waals surface area contributed by atoms with E-state index in [-0.39, 0.29) is 43.2 Å². The highest BCUT2D eigenvalue weighted by molar-refractivity contribution is 5.49. The van der Waals surface area contributed by atoms with Crippen LogP contribution >= 0.6 is 0 Å². The van der Waals surface area contributed by atoms with Crippen molar-refractivity contribution in [2.24, 2.45) is 0 Å². The van der Waals surface area contributed by atoms with Crippen LogP contribution in [0.4, 0.5) is 24.9 Å². The molecule has 30 heavy (non-hydrogen) atoms. The first-order chi connectivity index (χ1) is 14.4. The van der Waals surface area contributed by atoms with E-state index in [0.717, 1.165) is 12.0 Å². The highest BCUT2D eigenvalue weighted by Crippen LogP contribution is 2.36. The highest BCUT2D eigenvalue weighted by atomic mass is 19.4. The van der Waals surface area contributed by atoms with Crippen molar-refractivity contribution < 1.29 is 17.9 Å². The standard InChI is InChI=1S/C20H22F3N5O2/c21-20(22,23)16-4-7-27-18(29)9-17(28-11-15-8-14(28)12-30-15)25-19(27)26(16)6-3-13-2-1-5-24-10-13/h1-2,5,9-10,14-16H,3-4,6-8,11-12H2/t14-,15-,16-/m0/s1. The van der Waals surface area contributed by atoms with Crippen molar-refractivity contribution in [1.29, 1.82) is 0 Å². The molecule has 0 radical (unpaired) electrons. The SMILES string of the molecule is O=c1cc(N2C[C@@H]3C[C@H]2CO3)nc2n1CC[C@@H](C(F)(F)F)N2CCc1cccnc1. The summed E-state index contributed by atoms with van der Waals surface area (Å²) in [5.74, 6) is 0.537. The van der Waals surface area contributed by atoms with E-state index >= 15 is 0 Å². The summed E-state index contributed by atoms with van der Waals surface area (Å²) >= 11 is 0. The molecule has 3 atom stereocenters. The molecule has 10 heteroatoms. The maximum absolute atomic E-state index is 13.8. The summed E-state index contributed by atoms with van der Waals surface area (Å²) in [5.41, 5.74) is 0.522. The minimum Gasteiger partial charge on any atom is -0.374 e. The van der Waals surface area contributed by atoms with E-state index in [9.17, 15) is 18.0 Å². The molecule has 0 N–H and O–H groups in total. The van der Waals surface area contributed by atoms with Gasteiger partial charge in [-0.05, 0) is 30.9 Å². The Hall–Kier alpha value is -2.62. The van der Waals surface area contributed by atoms with Gasteiger partial charge in [0.25, 0.3) is 5.56 Å². The van der Waals surface area contributed by atoms with Crippen LogP contribution in [0.25, 0.3) is 0 Å². The zero-order chi connectivity index (χ0) is 20.9. The number of morpholine rings is 1. The first-order valence-electron chi connectivity index (χ1n) is 10.1. The molecule has 0 saturated carbocycles. The van der Waals surface area contributed by atoms with Gasteiger partial charge in [-0.15, -0.1) is 0 Å². The summed E-state index contributed by atoms with van der Waals surface area (Å²) in [6, 6.07) is 3.48. The summed E-state index contributed by atoms with van der Waals surface area (Å²) in [6.45, 7) is 1.27. The number of pyridine rings is 1.